The van der Waals surface area contributed by atoms with E-state index >= 15 is 0 Å². The summed E-state index contributed by atoms with van der Waals surface area (Å²) in [6.45, 7) is 2.08. The van der Waals surface area contributed by atoms with E-state index in [1.807, 2.05) is 14.0 Å². The molecule has 0 fully saturated rings. The number of nitro benzene ring substituents is 1. The van der Waals surface area contributed by atoms with Crippen LogP contribution in [0.2, 0.25) is 0 Å². The van der Waals surface area contributed by atoms with Gasteiger partial charge in [0, 0.05) is 18.5 Å². The molecule has 8 heteroatoms. The summed E-state index contributed by atoms with van der Waals surface area (Å²) < 4.78 is 10.5. The molecular weight excluding hydrogens is 276 g/mol. The number of non-ortho nitro benzene ring substituents is 1. The zero-order valence-electron chi connectivity index (χ0n) is 11.8. The number of nitrogens with zero attached hydrogens (tertiary/aromatic N) is 3. The molecule has 0 bridgehead atoms. The maximum atomic E-state index is 10.7. The maximum Gasteiger partial charge on any atom is 0.273 e. The quantitative estimate of drug-likeness (QED) is 0.612. The molecule has 8 nitrogen and oxygen atoms in total. The van der Waals surface area contributed by atoms with Crippen molar-refractivity contribution in [3.05, 3.63) is 46.1 Å². The Morgan fingerprint density at radius 1 is 1.52 bits per heavy atom. The van der Waals surface area contributed by atoms with Crippen LogP contribution in [0.1, 0.15) is 18.6 Å². The van der Waals surface area contributed by atoms with Gasteiger partial charge in [-0.05, 0) is 20.0 Å². The molecule has 1 heterocycles. The fourth-order valence-electron chi connectivity index (χ4n) is 1.64. The highest BCUT2D eigenvalue weighted by Gasteiger charge is 2.11. The fraction of sp³-hybridized carbons (Fsp3) is 0.385. The normalized spacial score (nSPS) is 12.1. The van der Waals surface area contributed by atoms with Crippen LogP contribution >= 0.6 is 0 Å². The second kappa shape index (κ2) is 6.80. The number of nitro groups is 1. The number of rotatable bonds is 7. The summed E-state index contributed by atoms with van der Waals surface area (Å²) in [5.74, 6) is 1.31. The fourth-order valence-corrected chi connectivity index (χ4v) is 1.64. The number of hydrogen-bond donors (Lipinski definition) is 1. The van der Waals surface area contributed by atoms with Gasteiger partial charge in [-0.3, -0.25) is 10.1 Å². The van der Waals surface area contributed by atoms with Gasteiger partial charge in [0.2, 0.25) is 0 Å². The molecule has 0 spiro atoms. The average Bonchev–Trinajstić information content (AvgIpc) is 2.92. The molecule has 0 saturated carbocycles. The van der Waals surface area contributed by atoms with E-state index in [0.29, 0.717) is 23.9 Å². The van der Waals surface area contributed by atoms with Crippen molar-refractivity contribution < 1.29 is 14.2 Å². The van der Waals surface area contributed by atoms with Gasteiger partial charge in [0.05, 0.1) is 11.0 Å². The lowest BCUT2D eigenvalue weighted by molar-refractivity contribution is -0.384. The molecule has 2 aromatic rings. The van der Waals surface area contributed by atoms with Crippen LogP contribution in [0.15, 0.2) is 28.8 Å². The van der Waals surface area contributed by atoms with Crippen LogP contribution in [-0.4, -0.2) is 28.2 Å². The number of likely N-dealkylation sites (N-methyl/N-ethyl adjacent to an activating group) is 1. The topological polar surface area (TPSA) is 103 Å². The number of ether oxygens (including phenoxy) is 1. The summed E-state index contributed by atoms with van der Waals surface area (Å²) in [7, 11) is 1.86. The number of nitrogens with one attached hydrogen (secondary N) is 1. The molecule has 0 radical (unpaired) electrons. The van der Waals surface area contributed by atoms with Crippen LogP contribution in [-0.2, 0) is 13.0 Å². The van der Waals surface area contributed by atoms with Crippen molar-refractivity contribution in [1.82, 2.24) is 15.5 Å². The van der Waals surface area contributed by atoms with Gasteiger partial charge in [0.15, 0.2) is 12.4 Å². The molecule has 1 aromatic carbocycles. The van der Waals surface area contributed by atoms with E-state index in [1.165, 1.54) is 12.1 Å². The summed E-state index contributed by atoms with van der Waals surface area (Å²) >= 11 is 0. The van der Waals surface area contributed by atoms with Gasteiger partial charge < -0.3 is 14.6 Å². The summed E-state index contributed by atoms with van der Waals surface area (Å²) in [6, 6.07) is 6.18. The summed E-state index contributed by atoms with van der Waals surface area (Å²) in [5, 5.41) is 17.6. The van der Waals surface area contributed by atoms with Gasteiger partial charge in [0.25, 0.3) is 11.6 Å². The van der Waals surface area contributed by atoms with E-state index in [0.717, 1.165) is 0 Å². The second-order valence-corrected chi connectivity index (χ2v) is 4.54. The molecule has 0 aliphatic rings. The largest absolute Gasteiger partial charge is 0.484 e. The summed E-state index contributed by atoms with van der Waals surface area (Å²) in [4.78, 5) is 14.4. The molecule has 0 saturated heterocycles. The van der Waals surface area contributed by atoms with Crippen LogP contribution in [0.3, 0.4) is 0 Å². The van der Waals surface area contributed by atoms with E-state index in [4.69, 9.17) is 9.26 Å². The Labute approximate surface area is 121 Å². The Kier molecular flexibility index (Phi) is 4.83. The highest BCUT2D eigenvalue weighted by molar-refractivity contribution is 5.37. The lowest BCUT2D eigenvalue weighted by Gasteiger charge is -2.04. The summed E-state index contributed by atoms with van der Waals surface area (Å²) in [6.07, 6.45) is 0.650. The molecule has 1 N–H and O–H groups in total. The SMILES string of the molecule is CNC(C)Cc1noc(COc2cccc([N+](=O)[O-])c2)n1. The first-order valence-electron chi connectivity index (χ1n) is 6.44. The third-order valence-corrected chi connectivity index (χ3v) is 2.88. The Bertz CT molecular complexity index is 614. The van der Waals surface area contributed by atoms with Crippen LogP contribution in [0, 0.1) is 10.1 Å². The lowest BCUT2D eigenvalue weighted by atomic mass is 10.2. The van der Waals surface area contributed by atoms with Gasteiger partial charge in [-0.2, -0.15) is 4.98 Å². The van der Waals surface area contributed by atoms with Crippen molar-refractivity contribution in [3.63, 3.8) is 0 Å². The van der Waals surface area contributed by atoms with Crippen molar-refractivity contribution in [2.45, 2.75) is 26.0 Å². The first kappa shape index (κ1) is 14.9. The average molecular weight is 292 g/mol. The van der Waals surface area contributed by atoms with Crippen molar-refractivity contribution in [2.75, 3.05) is 7.05 Å². The van der Waals surface area contributed by atoms with Gasteiger partial charge in [-0.1, -0.05) is 11.2 Å². The van der Waals surface area contributed by atoms with Crippen LogP contribution in [0.25, 0.3) is 0 Å². The first-order valence-corrected chi connectivity index (χ1v) is 6.44. The van der Waals surface area contributed by atoms with Crippen molar-refractivity contribution >= 4 is 5.69 Å². The van der Waals surface area contributed by atoms with Crippen LogP contribution in [0.4, 0.5) is 5.69 Å². The Morgan fingerprint density at radius 3 is 3.05 bits per heavy atom. The van der Waals surface area contributed by atoms with Gasteiger partial charge in [0.1, 0.15) is 5.75 Å². The summed E-state index contributed by atoms with van der Waals surface area (Å²) in [5.41, 5.74) is -0.0263. The molecule has 1 atom stereocenters. The molecule has 1 aromatic heterocycles. The number of hydrogen-bond acceptors (Lipinski definition) is 7. The molecule has 0 amide bonds. The second-order valence-electron chi connectivity index (χ2n) is 4.54. The Hall–Kier alpha value is -2.48. The van der Waals surface area contributed by atoms with Gasteiger partial charge in [-0.15, -0.1) is 0 Å². The maximum absolute atomic E-state index is 10.7. The first-order chi connectivity index (χ1) is 10.1. The van der Waals surface area contributed by atoms with E-state index in [2.05, 4.69) is 15.5 Å². The van der Waals surface area contributed by atoms with Crippen LogP contribution < -0.4 is 10.1 Å². The predicted molar refractivity (Wildman–Crippen MR) is 74.0 cm³/mol. The van der Waals surface area contributed by atoms with Crippen molar-refractivity contribution in [1.29, 1.82) is 0 Å². The zero-order chi connectivity index (χ0) is 15.2. The molecular formula is C13H16N4O4. The van der Waals surface area contributed by atoms with Gasteiger partial charge >= 0.3 is 0 Å². The van der Waals surface area contributed by atoms with E-state index in [-0.39, 0.29) is 18.3 Å². The molecule has 21 heavy (non-hydrogen) atoms. The third-order valence-electron chi connectivity index (χ3n) is 2.88. The minimum absolute atomic E-state index is 0.0263. The number of benzene rings is 1. The molecule has 2 rings (SSSR count). The molecule has 112 valence electrons. The highest BCUT2D eigenvalue weighted by Crippen LogP contribution is 2.19. The van der Waals surface area contributed by atoms with E-state index in [9.17, 15) is 10.1 Å². The van der Waals surface area contributed by atoms with E-state index < -0.39 is 4.92 Å². The highest BCUT2D eigenvalue weighted by atomic mass is 16.6. The minimum Gasteiger partial charge on any atom is -0.484 e. The smallest absolute Gasteiger partial charge is 0.273 e. The predicted octanol–water partition coefficient (Wildman–Crippen LogP) is 1.71. The Balaban J connectivity index is 1.94. The van der Waals surface area contributed by atoms with Crippen molar-refractivity contribution in [2.24, 2.45) is 0 Å². The number of aromatic nitrogens is 2. The molecule has 0 aliphatic heterocycles. The standard InChI is InChI=1S/C13H16N4O4/c1-9(14-2)6-12-15-13(21-16-12)8-20-11-5-3-4-10(7-11)17(18)19/h3-5,7,9,14H,6,8H2,1-2H3. The minimum atomic E-state index is -0.475. The van der Waals surface area contributed by atoms with Crippen molar-refractivity contribution in [3.8, 4) is 5.75 Å². The lowest BCUT2D eigenvalue weighted by Crippen LogP contribution is -2.24. The molecule has 1 unspecified atom stereocenters. The third kappa shape index (κ3) is 4.25. The van der Waals surface area contributed by atoms with Gasteiger partial charge in [-0.25, -0.2) is 0 Å². The molecule has 0 aliphatic carbocycles. The van der Waals surface area contributed by atoms with E-state index in [1.54, 1.807) is 12.1 Å². The zero-order valence-corrected chi connectivity index (χ0v) is 11.8. The van der Waals surface area contributed by atoms with Crippen LogP contribution in [0.5, 0.6) is 5.75 Å². The Morgan fingerprint density at radius 2 is 2.33 bits per heavy atom. The monoisotopic (exact) mass is 292 g/mol.